The Bertz CT molecular complexity index is 1160. The molecule has 1 aliphatic heterocycles. The van der Waals surface area contributed by atoms with Crippen molar-refractivity contribution >= 4 is 11.9 Å². The number of methoxy groups -OCH3 is 1. The maximum absolute atomic E-state index is 9.10. The van der Waals surface area contributed by atoms with Crippen molar-refractivity contribution in [1.82, 2.24) is 15.4 Å². The van der Waals surface area contributed by atoms with Crippen LogP contribution in [-0.2, 0) is 29.3 Å². The molecule has 4 rings (SSSR count). The molecule has 0 unspecified atom stereocenters. The lowest BCUT2D eigenvalue weighted by atomic mass is 10.0. The number of aromatic nitrogens is 1. The summed E-state index contributed by atoms with van der Waals surface area (Å²) in [6.45, 7) is 8.36. The van der Waals surface area contributed by atoms with Crippen LogP contribution in [0, 0.1) is 13.8 Å². The van der Waals surface area contributed by atoms with Crippen LogP contribution >= 0.6 is 0 Å². The number of carboxylic acids is 2. The molecule has 0 radical (unpaired) electrons. The van der Waals surface area contributed by atoms with Gasteiger partial charge in [0.25, 0.3) is 0 Å². The monoisotopic (exact) mass is 525 g/mol. The van der Waals surface area contributed by atoms with E-state index < -0.39 is 11.9 Å². The molecule has 204 valence electrons. The van der Waals surface area contributed by atoms with Crippen LogP contribution in [0.4, 0.5) is 0 Å². The van der Waals surface area contributed by atoms with Gasteiger partial charge < -0.3 is 29.5 Å². The third-order valence-electron chi connectivity index (χ3n) is 6.40. The number of rotatable bonds is 9. The second kappa shape index (κ2) is 14.2. The zero-order chi connectivity index (χ0) is 27.5. The van der Waals surface area contributed by atoms with Gasteiger partial charge in [-0.1, -0.05) is 41.6 Å². The van der Waals surface area contributed by atoms with E-state index >= 15 is 0 Å². The molecular formula is C28H35N3O7. The molecule has 0 amide bonds. The number of hydrogen-bond donors (Lipinski definition) is 3. The molecular weight excluding hydrogens is 490 g/mol. The van der Waals surface area contributed by atoms with Crippen LogP contribution in [0.25, 0.3) is 0 Å². The Morgan fingerprint density at radius 3 is 2.29 bits per heavy atom. The summed E-state index contributed by atoms with van der Waals surface area (Å²) in [6, 6.07) is 17.4. The van der Waals surface area contributed by atoms with Gasteiger partial charge in [-0.25, -0.2) is 9.59 Å². The van der Waals surface area contributed by atoms with Gasteiger partial charge in [-0.3, -0.25) is 4.90 Å². The maximum Gasteiger partial charge on any atom is 0.414 e. The number of aliphatic carboxylic acids is 2. The Labute approximate surface area is 222 Å². The maximum atomic E-state index is 9.10. The van der Waals surface area contributed by atoms with Gasteiger partial charge in [0.2, 0.25) is 0 Å². The van der Waals surface area contributed by atoms with Crippen LogP contribution in [0.3, 0.4) is 0 Å². The van der Waals surface area contributed by atoms with Crippen molar-refractivity contribution in [2.45, 2.75) is 52.4 Å². The Kier molecular flexibility index (Phi) is 10.7. The number of carboxylic acid groups (broad SMARTS) is 2. The molecule has 1 aliphatic rings. The van der Waals surface area contributed by atoms with E-state index in [1.165, 1.54) is 24.0 Å². The van der Waals surface area contributed by atoms with Gasteiger partial charge in [0.15, 0.2) is 11.5 Å². The third kappa shape index (κ3) is 8.60. The van der Waals surface area contributed by atoms with E-state index in [-0.39, 0.29) is 0 Å². The number of carbonyl (C=O) groups is 2. The quantitative estimate of drug-likeness (QED) is 0.354. The molecule has 2 aromatic carbocycles. The van der Waals surface area contributed by atoms with Crippen molar-refractivity contribution in [2.24, 2.45) is 0 Å². The standard InChI is InChI=1S/C26H33N3O3.C2H2O4/c1-19-24(20(2)32-28-19)18-31-25-10-9-22(15-26(25)30-3)16-27-23-11-13-29(14-12-23)17-21-7-5-4-6-8-21;3-1(4)2(5)6/h4-10,15,23,27H,11-14,16-18H2,1-3H3;(H,3,4)(H,5,6). The number of nitrogens with one attached hydrogen (secondary N) is 1. The molecule has 0 bridgehead atoms. The Hall–Kier alpha value is -3.89. The minimum Gasteiger partial charge on any atom is -0.493 e. The first-order valence-corrected chi connectivity index (χ1v) is 12.4. The number of ether oxygens (including phenoxy) is 2. The first-order chi connectivity index (χ1) is 18.3. The van der Waals surface area contributed by atoms with Crippen molar-refractivity contribution < 1.29 is 33.8 Å². The van der Waals surface area contributed by atoms with Gasteiger partial charge in [0, 0.05) is 19.1 Å². The summed E-state index contributed by atoms with van der Waals surface area (Å²) in [5, 5.41) is 22.5. The van der Waals surface area contributed by atoms with E-state index in [4.69, 9.17) is 33.8 Å². The number of likely N-dealkylation sites (tertiary alicyclic amines) is 1. The van der Waals surface area contributed by atoms with Crippen molar-refractivity contribution in [1.29, 1.82) is 0 Å². The fourth-order valence-electron chi connectivity index (χ4n) is 4.20. The van der Waals surface area contributed by atoms with E-state index in [1.54, 1.807) is 7.11 Å². The fraction of sp³-hybridized carbons (Fsp3) is 0.393. The molecule has 2 heterocycles. The van der Waals surface area contributed by atoms with E-state index in [1.807, 2.05) is 19.9 Å². The van der Waals surface area contributed by atoms with Crippen LogP contribution in [0.2, 0.25) is 0 Å². The minimum atomic E-state index is -1.82. The molecule has 1 fully saturated rings. The molecule has 0 aliphatic carbocycles. The highest BCUT2D eigenvalue weighted by Gasteiger charge is 2.19. The van der Waals surface area contributed by atoms with E-state index in [0.29, 0.717) is 12.6 Å². The number of nitrogens with zero attached hydrogens (tertiary/aromatic N) is 2. The Morgan fingerprint density at radius 2 is 1.71 bits per heavy atom. The molecule has 0 saturated carbocycles. The zero-order valence-electron chi connectivity index (χ0n) is 22.0. The first kappa shape index (κ1) is 28.7. The zero-order valence-corrected chi connectivity index (χ0v) is 22.0. The van der Waals surface area contributed by atoms with Crippen LogP contribution in [0.15, 0.2) is 53.1 Å². The van der Waals surface area contributed by atoms with Gasteiger partial charge in [0.05, 0.1) is 18.4 Å². The summed E-state index contributed by atoms with van der Waals surface area (Å²) in [7, 11) is 1.68. The van der Waals surface area contributed by atoms with Gasteiger partial charge in [-0.2, -0.15) is 0 Å². The summed E-state index contributed by atoms with van der Waals surface area (Å²) in [5.74, 6) is -1.39. The summed E-state index contributed by atoms with van der Waals surface area (Å²) < 4.78 is 16.8. The van der Waals surface area contributed by atoms with Crippen LogP contribution < -0.4 is 14.8 Å². The van der Waals surface area contributed by atoms with E-state index in [9.17, 15) is 0 Å². The second-order valence-electron chi connectivity index (χ2n) is 9.10. The normalized spacial score (nSPS) is 13.9. The molecule has 1 aromatic heterocycles. The van der Waals surface area contributed by atoms with Crippen LogP contribution in [0.1, 0.15) is 41.0 Å². The molecule has 0 atom stereocenters. The first-order valence-electron chi connectivity index (χ1n) is 12.4. The van der Waals surface area contributed by atoms with Crippen molar-refractivity contribution in [3.63, 3.8) is 0 Å². The average Bonchev–Trinajstić information content (AvgIpc) is 3.24. The summed E-state index contributed by atoms with van der Waals surface area (Å²) >= 11 is 0. The predicted molar refractivity (Wildman–Crippen MR) is 140 cm³/mol. The lowest BCUT2D eigenvalue weighted by Gasteiger charge is -2.32. The number of hydrogen-bond acceptors (Lipinski definition) is 8. The summed E-state index contributed by atoms with van der Waals surface area (Å²) in [4.78, 5) is 20.7. The second-order valence-corrected chi connectivity index (χ2v) is 9.10. The third-order valence-corrected chi connectivity index (χ3v) is 6.40. The molecule has 0 spiro atoms. The van der Waals surface area contributed by atoms with Gasteiger partial charge in [-0.05, 0) is 63.0 Å². The van der Waals surface area contributed by atoms with Gasteiger partial charge in [0.1, 0.15) is 12.4 Å². The highest BCUT2D eigenvalue weighted by Crippen LogP contribution is 2.29. The lowest BCUT2D eigenvalue weighted by molar-refractivity contribution is -0.159. The fourth-order valence-corrected chi connectivity index (χ4v) is 4.20. The number of aryl methyl sites for hydroxylation is 2. The number of piperidine rings is 1. The van der Waals surface area contributed by atoms with Crippen molar-refractivity contribution in [3.8, 4) is 11.5 Å². The van der Waals surface area contributed by atoms with Gasteiger partial charge >= 0.3 is 11.9 Å². The predicted octanol–water partition coefficient (Wildman–Crippen LogP) is 3.79. The van der Waals surface area contributed by atoms with Crippen LogP contribution in [-0.4, -0.2) is 58.4 Å². The SMILES string of the molecule is COc1cc(CNC2CCN(Cc3ccccc3)CC2)ccc1OCc1c(C)noc1C.O=C(O)C(=O)O. The molecule has 3 aromatic rings. The van der Waals surface area contributed by atoms with Crippen LogP contribution in [0.5, 0.6) is 11.5 Å². The summed E-state index contributed by atoms with van der Waals surface area (Å²) in [6.07, 6.45) is 2.34. The lowest BCUT2D eigenvalue weighted by Crippen LogP contribution is -2.41. The number of benzene rings is 2. The van der Waals surface area contributed by atoms with E-state index in [2.05, 4.69) is 57.8 Å². The van der Waals surface area contributed by atoms with E-state index in [0.717, 1.165) is 54.7 Å². The highest BCUT2D eigenvalue weighted by molar-refractivity contribution is 6.27. The molecule has 38 heavy (non-hydrogen) atoms. The molecule has 10 nitrogen and oxygen atoms in total. The Balaban J connectivity index is 0.000000599. The smallest absolute Gasteiger partial charge is 0.414 e. The molecule has 10 heteroatoms. The summed E-state index contributed by atoms with van der Waals surface area (Å²) in [5.41, 5.74) is 4.43. The average molecular weight is 526 g/mol. The highest BCUT2D eigenvalue weighted by atomic mass is 16.5. The molecule has 3 N–H and O–H groups in total. The largest absolute Gasteiger partial charge is 0.493 e. The van der Waals surface area contributed by atoms with Gasteiger partial charge in [-0.15, -0.1) is 0 Å². The molecule has 1 saturated heterocycles. The Morgan fingerprint density at radius 1 is 1.03 bits per heavy atom. The van der Waals surface area contributed by atoms with Crippen molar-refractivity contribution in [2.75, 3.05) is 20.2 Å². The van der Waals surface area contributed by atoms with Crippen molar-refractivity contribution in [3.05, 3.63) is 76.7 Å². The minimum absolute atomic E-state index is 0.413. The topological polar surface area (TPSA) is 134 Å².